The Morgan fingerprint density at radius 3 is 2.33 bits per heavy atom. The summed E-state index contributed by atoms with van der Waals surface area (Å²) in [5.74, 6) is 0. The summed E-state index contributed by atoms with van der Waals surface area (Å²) in [6.45, 7) is 7.80. The highest BCUT2D eigenvalue weighted by Crippen LogP contribution is 1.68. The van der Waals surface area contributed by atoms with Gasteiger partial charge in [0, 0.05) is 6.21 Å². The van der Waals surface area contributed by atoms with Gasteiger partial charge in [0.25, 0.3) is 0 Å². The highest BCUT2D eigenvalue weighted by atomic mass is 14.3. The maximum absolute atomic E-state index is 6.83. The lowest BCUT2D eigenvalue weighted by atomic mass is 10.2. The van der Waals surface area contributed by atoms with E-state index >= 15 is 0 Å². The molecule has 0 saturated heterocycles. The standard InChI is InChI=1S/C9H9N.C2H6/c1-8-4-2-3-5-9(8)6-7-10;1-2/h2-7,10H,1H2;1-2H3/b9-6-,10-7?;. The van der Waals surface area contributed by atoms with E-state index in [4.69, 9.17) is 5.41 Å². The first-order chi connectivity index (χ1) is 5.84. The summed E-state index contributed by atoms with van der Waals surface area (Å²) in [6, 6.07) is 7.73. The van der Waals surface area contributed by atoms with Crippen LogP contribution in [0.4, 0.5) is 0 Å². The molecule has 0 radical (unpaired) electrons. The van der Waals surface area contributed by atoms with Crippen LogP contribution >= 0.6 is 0 Å². The second-order valence-corrected chi connectivity index (χ2v) is 2.03. The number of hydrogen-bond donors (Lipinski definition) is 1. The van der Waals surface area contributed by atoms with Crippen molar-refractivity contribution in [2.75, 3.05) is 0 Å². The van der Waals surface area contributed by atoms with Gasteiger partial charge in [-0.1, -0.05) is 44.7 Å². The van der Waals surface area contributed by atoms with Crippen LogP contribution < -0.4 is 10.4 Å². The molecule has 1 N–H and O–H groups in total. The van der Waals surface area contributed by atoms with E-state index in [9.17, 15) is 0 Å². The van der Waals surface area contributed by atoms with Gasteiger partial charge in [0.2, 0.25) is 0 Å². The SMILES string of the molecule is C=c1cccc/c1=C/C=N.CC. The zero-order valence-corrected chi connectivity index (χ0v) is 7.67. The molecule has 1 aromatic rings. The third kappa shape index (κ3) is 3.15. The fraction of sp³-hybridized carbons (Fsp3) is 0.182. The van der Waals surface area contributed by atoms with Gasteiger partial charge in [-0.05, 0) is 16.5 Å². The number of rotatable bonds is 1. The molecule has 0 aliphatic rings. The molecule has 0 spiro atoms. The van der Waals surface area contributed by atoms with Gasteiger partial charge < -0.3 is 5.41 Å². The van der Waals surface area contributed by atoms with E-state index in [0.29, 0.717) is 0 Å². The highest BCUT2D eigenvalue weighted by Gasteiger charge is 1.75. The third-order valence-corrected chi connectivity index (χ3v) is 1.32. The smallest absolute Gasteiger partial charge is 0.0183 e. The van der Waals surface area contributed by atoms with E-state index in [2.05, 4.69) is 6.58 Å². The van der Waals surface area contributed by atoms with Gasteiger partial charge in [0.15, 0.2) is 0 Å². The van der Waals surface area contributed by atoms with Gasteiger partial charge in [-0.25, -0.2) is 0 Å². The molecule has 64 valence electrons. The number of nitrogens with one attached hydrogen (secondary N) is 1. The molecular formula is C11H15N. The van der Waals surface area contributed by atoms with Crippen molar-refractivity contribution in [3.63, 3.8) is 0 Å². The molecule has 0 saturated carbocycles. The Balaban J connectivity index is 0.000000561. The van der Waals surface area contributed by atoms with Gasteiger partial charge in [0.05, 0.1) is 0 Å². The summed E-state index contributed by atoms with van der Waals surface area (Å²) >= 11 is 0. The normalized spacial score (nSPS) is 10.0. The molecule has 0 atom stereocenters. The van der Waals surface area contributed by atoms with E-state index in [1.165, 1.54) is 6.21 Å². The van der Waals surface area contributed by atoms with Crippen molar-refractivity contribution in [3.05, 3.63) is 34.7 Å². The first-order valence-electron chi connectivity index (χ1n) is 4.09. The Bertz CT molecular complexity index is 325. The largest absolute Gasteiger partial charge is 0.309 e. The zero-order valence-electron chi connectivity index (χ0n) is 7.67. The van der Waals surface area contributed by atoms with Gasteiger partial charge in [0.1, 0.15) is 0 Å². The molecule has 1 nitrogen and oxygen atoms in total. The van der Waals surface area contributed by atoms with Crippen molar-refractivity contribution >= 4 is 18.9 Å². The number of benzene rings is 1. The lowest BCUT2D eigenvalue weighted by Crippen LogP contribution is -2.21. The summed E-state index contributed by atoms with van der Waals surface area (Å²) in [7, 11) is 0. The van der Waals surface area contributed by atoms with Crippen LogP contribution in [-0.4, -0.2) is 6.21 Å². The van der Waals surface area contributed by atoms with Crippen LogP contribution in [0.25, 0.3) is 12.7 Å². The highest BCUT2D eigenvalue weighted by molar-refractivity contribution is 5.88. The predicted molar refractivity (Wildman–Crippen MR) is 55.8 cm³/mol. The van der Waals surface area contributed by atoms with Crippen LogP contribution in [0.5, 0.6) is 0 Å². The molecule has 1 rings (SSSR count). The molecule has 0 fully saturated rings. The van der Waals surface area contributed by atoms with Crippen LogP contribution in [0.3, 0.4) is 0 Å². The molecule has 1 heteroatoms. The molecule has 0 aliphatic heterocycles. The Morgan fingerprint density at radius 2 is 1.83 bits per heavy atom. The van der Waals surface area contributed by atoms with Crippen molar-refractivity contribution in [2.24, 2.45) is 0 Å². The fourth-order valence-corrected chi connectivity index (χ4v) is 0.787. The molecule has 0 heterocycles. The fourth-order valence-electron chi connectivity index (χ4n) is 0.787. The molecule has 0 aliphatic carbocycles. The van der Waals surface area contributed by atoms with Gasteiger partial charge in [-0.15, -0.1) is 0 Å². The van der Waals surface area contributed by atoms with Gasteiger partial charge >= 0.3 is 0 Å². The first kappa shape index (κ1) is 10.6. The Labute approximate surface area is 73.6 Å². The van der Waals surface area contributed by atoms with Gasteiger partial charge in [-0.3, -0.25) is 0 Å². The molecular weight excluding hydrogens is 146 g/mol. The maximum Gasteiger partial charge on any atom is 0.0183 e. The van der Waals surface area contributed by atoms with Crippen LogP contribution in [-0.2, 0) is 0 Å². The van der Waals surface area contributed by atoms with E-state index in [1.807, 2.05) is 38.1 Å². The van der Waals surface area contributed by atoms with Crippen molar-refractivity contribution in [3.8, 4) is 0 Å². The van der Waals surface area contributed by atoms with Crippen LogP contribution in [0.1, 0.15) is 13.8 Å². The molecule has 0 aromatic heterocycles. The molecule has 0 unspecified atom stereocenters. The van der Waals surface area contributed by atoms with E-state index < -0.39 is 0 Å². The first-order valence-corrected chi connectivity index (χ1v) is 4.09. The summed E-state index contributed by atoms with van der Waals surface area (Å²) < 4.78 is 0. The summed E-state index contributed by atoms with van der Waals surface area (Å²) in [5, 5.41) is 8.80. The predicted octanol–water partition coefficient (Wildman–Crippen LogP) is 1.55. The molecule has 0 amide bonds. The Morgan fingerprint density at radius 1 is 1.25 bits per heavy atom. The van der Waals surface area contributed by atoms with E-state index in [0.717, 1.165) is 10.4 Å². The maximum atomic E-state index is 6.83. The minimum atomic E-state index is 0.964. The topological polar surface area (TPSA) is 23.9 Å². The molecule has 1 aromatic carbocycles. The quantitative estimate of drug-likeness (QED) is 0.604. The Kier molecular flexibility index (Phi) is 5.62. The van der Waals surface area contributed by atoms with Crippen molar-refractivity contribution in [2.45, 2.75) is 13.8 Å². The second-order valence-electron chi connectivity index (χ2n) is 2.03. The second kappa shape index (κ2) is 6.35. The molecule has 0 bridgehead atoms. The lowest BCUT2D eigenvalue weighted by molar-refractivity contribution is 1.50. The van der Waals surface area contributed by atoms with E-state index in [1.54, 1.807) is 6.08 Å². The summed E-state index contributed by atoms with van der Waals surface area (Å²) in [5.41, 5.74) is 0. The van der Waals surface area contributed by atoms with Crippen LogP contribution in [0, 0.1) is 5.41 Å². The zero-order chi connectivity index (χ0) is 9.40. The summed E-state index contributed by atoms with van der Waals surface area (Å²) in [4.78, 5) is 0. The number of hydrogen-bond acceptors (Lipinski definition) is 1. The van der Waals surface area contributed by atoms with Crippen molar-refractivity contribution in [1.82, 2.24) is 0 Å². The minimum absolute atomic E-state index is 0.964. The van der Waals surface area contributed by atoms with E-state index in [-0.39, 0.29) is 0 Å². The average molecular weight is 161 g/mol. The monoisotopic (exact) mass is 161 g/mol. The lowest BCUT2D eigenvalue weighted by Gasteiger charge is -1.83. The summed E-state index contributed by atoms with van der Waals surface area (Å²) in [6.07, 6.45) is 2.99. The van der Waals surface area contributed by atoms with Gasteiger partial charge in [-0.2, -0.15) is 0 Å². The van der Waals surface area contributed by atoms with Crippen LogP contribution in [0.2, 0.25) is 0 Å². The molecule has 12 heavy (non-hydrogen) atoms. The van der Waals surface area contributed by atoms with Crippen molar-refractivity contribution in [1.29, 1.82) is 5.41 Å². The Hall–Kier alpha value is -1.37. The average Bonchev–Trinajstić information content (AvgIpc) is 2.13. The van der Waals surface area contributed by atoms with Crippen molar-refractivity contribution < 1.29 is 0 Å². The minimum Gasteiger partial charge on any atom is -0.309 e. The third-order valence-electron chi connectivity index (χ3n) is 1.32. The van der Waals surface area contributed by atoms with Crippen LogP contribution in [0.15, 0.2) is 24.3 Å².